The van der Waals surface area contributed by atoms with Crippen LogP contribution in [-0.4, -0.2) is 33.8 Å². The van der Waals surface area contributed by atoms with Gasteiger partial charge in [-0.05, 0) is 30.7 Å². The van der Waals surface area contributed by atoms with Crippen LogP contribution in [0.1, 0.15) is 36.2 Å². The van der Waals surface area contributed by atoms with E-state index in [1.165, 1.54) is 11.8 Å². The van der Waals surface area contributed by atoms with Gasteiger partial charge in [-0.25, -0.2) is 0 Å². The summed E-state index contributed by atoms with van der Waals surface area (Å²) in [5.74, 6) is 0.535. The lowest BCUT2D eigenvalue weighted by Crippen LogP contribution is -2.26. The number of thioether (sulfide) groups is 1. The van der Waals surface area contributed by atoms with Gasteiger partial charge in [-0.2, -0.15) is 0 Å². The summed E-state index contributed by atoms with van der Waals surface area (Å²) in [6.07, 6.45) is 0.679. The number of nitrogens with two attached hydrogens (primary N) is 2. The highest BCUT2D eigenvalue weighted by Crippen LogP contribution is 2.29. The van der Waals surface area contributed by atoms with Gasteiger partial charge in [0.15, 0.2) is 5.12 Å². The molecule has 0 heterocycles. The van der Waals surface area contributed by atoms with Crippen molar-refractivity contribution in [2.45, 2.75) is 26.0 Å². The Bertz CT molecular complexity index is 535. The molecule has 0 unspecified atom stereocenters. The Morgan fingerprint density at radius 1 is 1.17 bits per heavy atom. The standard InChI is InChI=1S/C16H24IN3O2S/c1-16(2,7-8-18)15(22)23-11-12-3-5-13(6-4-12)14(21)20(17)10-9-19/h3-6H,7-11,18-19H2,1-2H3. The lowest BCUT2D eigenvalue weighted by molar-refractivity contribution is -0.118. The first-order chi connectivity index (χ1) is 10.8. The fraction of sp³-hybridized carbons (Fsp3) is 0.500. The van der Waals surface area contributed by atoms with Gasteiger partial charge in [-0.15, -0.1) is 0 Å². The van der Waals surface area contributed by atoms with Crippen LogP contribution in [0.4, 0.5) is 0 Å². The largest absolute Gasteiger partial charge is 0.330 e. The Kier molecular flexibility index (Phi) is 8.52. The van der Waals surface area contributed by atoms with Crippen LogP contribution in [0, 0.1) is 5.41 Å². The minimum absolute atomic E-state index is 0.0598. The van der Waals surface area contributed by atoms with Gasteiger partial charge < -0.3 is 11.5 Å². The summed E-state index contributed by atoms with van der Waals surface area (Å²) in [5.41, 5.74) is 12.2. The zero-order chi connectivity index (χ0) is 17.5. The average molecular weight is 449 g/mol. The van der Waals surface area contributed by atoms with Crippen LogP contribution in [0.3, 0.4) is 0 Å². The van der Waals surface area contributed by atoms with E-state index < -0.39 is 5.41 Å². The van der Waals surface area contributed by atoms with Crippen LogP contribution in [0.5, 0.6) is 0 Å². The third-order valence-corrected chi connectivity index (χ3v) is 5.65. The summed E-state index contributed by atoms with van der Waals surface area (Å²) in [7, 11) is 0. The average Bonchev–Trinajstić information content (AvgIpc) is 2.52. The molecule has 0 fully saturated rings. The van der Waals surface area contributed by atoms with E-state index in [0.29, 0.717) is 37.4 Å². The molecule has 0 aromatic heterocycles. The molecular formula is C16H24IN3O2S. The summed E-state index contributed by atoms with van der Waals surface area (Å²) < 4.78 is 1.57. The van der Waals surface area contributed by atoms with E-state index in [1.807, 2.05) is 48.8 Å². The van der Waals surface area contributed by atoms with Crippen LogP contribution in [0.25, 0.3) is 0 Å². The van der Waals surface area contributed by atoms with Gasteiger partial charge in [0.25, 0.3) is 5.91 Å². The molecule has 1 amide bonds. The molecule has 0 saturated carbocycles. The van der Waals surface area contributed by atoms with Crippen molar-refractivity contribution in [3.8, 4) is 0 Å². The third-order valence-electron chi connectivity index (χ3n) is 3.44. The van der Waals surface area contributed by atoms with E-state index in [0.717, 1.165) is 5.56 Å². The van der Waals surface area contributed by atoms with E-state index in [1.54, 1.807) is 15.2 Å². The highest BCUT2D eigenvalue weighted by atomic mass is 127. The summed E-state index contributed by atoms with van der Waals surface area (Å²) in [5, 5.41) is 0.143. The number of hydrogen-bond acceptors (Lipinski definition) is 5. The van der Waals surface area contributed by atoms with Crippen LogP contribution < -0.4 is 11.5 Å². The highest BCUT2D eigenvalue weighted by Gasteiger charge is 2.26. The number of nitrogens with zero attached hydrogens (tertiary/aromatic N) is 1. The molecule has 5 nitrogen and oxygen atoms in total. The van der Waals surface area contributed by atoms with Crippen LogP contribution in [0.2, 0.25) is 0 Å². The monoisotopic (exact) mass is 449 g/mol. The molecule has 0 saturated heterocycles. The van der Waals surface area contributed by atoms with E-state index in [2.05, 4.69) is 0 Å². The zero-order valence-corrected chi connectivity index (χ0v) is 16.5. The molecule has 0 radical (unpaired) electrons. The Hall–Kier alpha value is -0.640. The lowest BCUT2D eigenvalue weighted by atomic mass is 9.91. The lowest BCUT2D eigenvalue weighted by Gasteiger charge is -2.21. The van der Waals surface area contributed by atoms with Crippen molar-refractivity contribution in [3.05, 3.63) is 35.4 Å². The van der Waals surface area contributed by atoms with Gasteiger partial charge in [0, 0.05) is 29.8 Å². The van der Waals surface area contributed by atoms with Crippen LogP contribution in [0.15, 0.2) is 24.3 Å². The molecule has 128 valence electrons. The third kappa shape index (κ3) is 6.40. The van der Waals surface area contributed by atoms with Gasteiger partial charge in [0.05, 0.1) is 22.9 Å². The molecule has 1 aromatic carbocycles. The quantitative estimate of drug-likeness (QED) is 0.471. The van der Waals surface area contributed by atoms with E-state index in [9.17, 15) is 9.59 Å². The fourth-order valence-electron chi connectivity index (χ4n) is 1.91. The predicted octanol–water partition coefficient (Wildman–Crippen LogP) is 2.57. The number of amides is 1. The number of carbonyl (C=O) groups excluding carboxylic acids is 2. The van der Waals surface area contributed by atoms with Crippen LogP contribution in [-0.2, 0) is 10.5 Å². The number of hydrogen-bond donors (Lipinski definition) is 2. The second-order valence-electron chi connectivity index (χ2n) is 5.88. The van der Waals surface area contributed by atoms with Crippen molar-refractivity contribution in [2.24, 2.45) is 16.9 Å². The first-order valence-corrected chi connectivity index (χ1v) is 9.41. The minimum atomic E-state index is -0.404. The molecule has 1 aromatic rings. The Morgan fingerprint density at radius 2 is 1.78 bits per heavy atom. The SMILES string of the molecule is CC(C)(CCN)C(=O)SCc1ccc(C(=O)N(I)CCN)cc1. The van der Waals surface area contributed by atoms with E-state index >= 15 is 0 Å². The number of benzene rings is 1. The zero-order valence-electron chi connectivity index (χ0n) is 13.5. The molecule has 7 heteroatoms. The second-order valence-corrected chi connectivity index (χ2v) is 7.99. The van der Waals surface area contributed by atoms with Crippen molar-refractivity contribution < 1.29 is 9.59 Å². The molecule has 1 rings (SSSR count). The normalized spacial score (nSPS) is 11.3. The first kappa shape index (κ1) is 20.4. The topological polar surface area (TPSA) is 89.4 Å². The second kappa shape index (κ2) is 9.61. The van der Waals surface area contributed by atoms with Crippen molar-refractivity contribution in [1.82, 2.24) is 3.11 Å². The van der Waals surface area contributed by atoms with E-state index in [-0.39, 0.29) is 11.0 Å². The maximum absolute atomic E-state index is 12.2. The van der Waals surface area contributed by atoms with Crippen molar-refractivity contribution >= 4 is 45.6 Å². The number of carbonyl (C=O) groups is 2. The first-order valence-electron chi connectivity index (χ1n) is 7.45. The summed E-state index contributed by atoms with van der Waals surface area (Å²) in [6.45, 7) is 5.30. The van der Waals surface area contributed by atoms with Gasteiger partial charge in [-0.1, -0.05) is 37.7 Å². The molecule has 0 bridgehead atoms. The van der Waals surface area contributed by atoms with E-state index in [4.69, 9.17) is 11.5 Å². The Labute approximate surface area is 156 Å². The molecule has 0 atom stereocenters. The van der Waals surface area contributed by atoms with Crippen molar-refractivity contribution in [1.29, 1.82) is 0 Å². The Balaban J connectivity index is 2.61. The van der Waals surface area contributed by atoms with Gasteiger partial charge in [0.1, 0.15) is 0 Å². The number of halogens is 1. The molecule has 0 aliphatic heterocycles. The molecule has 0 aliphatic rings. The van der Waals surface area contributed by atoms with Crippen molar-refractivity contribution in [3.63, 3.8) is 0 Å². The molecular weight excluding hydrogens is 425 g/mol. The van der Waals surface area contributed by atoms with Crippen molar-refractivity contribution in [2.75, 3.05) is 19.6 Å². The maximum Gasteiger partial charge on any atom is 0.262 e. The van der Waals surface area contributed by atoms with Crippen LogP contribution >= 0.6 is 34.6 Å². The minimum Gasteiger partial charge on any atom is -0.330 e. The number of rotatable bonds is 8. The maximum atomic E-state index is 12.2. The molecule has 23 heavy (non-hydrogen) atoms. The molecule has 0 aliphatic carbocycles. The summed E-state index contributed by atoms with van der Waals surface area (Å²) >= 11 is 3.26. The Morgan fingerprint density at radius 3 is 2.30 bits per heavy atom. The predicted molar refractivity (Wildman–Crippen MR) is 104 cm³/mol. The highest BCUT2D eigenvalue weighted by molar-refractivity contribution is 14.1. The smallest absolute Gasteiger partial charge is 0.262 e. The van der Waals surface area contributed by atoms with Gasteiger partial charge in [0.2, 0.25) is 0 Å². The summed E-state index contributed by atoms with van der Waals surface area (Å²) in [4.78, 5) is 24.3. The summed E-state index contributed by atoms with van der Waals surface area (Å²) in [6, 6.07) is 7.35. The van der Waals surface area contributed by atoms with Gasteiger partial charge in [-0.3, -0.25) is 12.7 Å². The van der Waals surface area contributed by atoms with Gasteiger partial charge >= 0.3 is 0 Å². The molecule has 4 N–H and O–H groups in total. The fourth-order valence-corrected chi connectivity index (χ4v) is 3.45. The molecule has 0 spiro atoms.